The van der Waals surface area contributed by atoms with E-state index in [-0.39, 0.29) is 12.1 Å². The number of likely N-dealkylation sites (tertiary alicyclic amines) is 1. The summed E-state index contributed by atoms with van der Waals surface area (Å²) in [5.74, 6) is -3.17. The van der Waals surface area contributed by atoms with E-state index in [1.807, 2.05) is 0 Å². The minimum Gasteiger partial charge on any atom is -0.481 e. The van der Waals surface area contributed by atoms with E-state index in [1.165, 1.54) is 4.90 Å². The van der Waals surface area contributed by atoms with Crippen LogP contribution < -0.4 is 0 Å². The molecule has 1 N–H and O–H groups in total. The summed E-state index contributed by atoms with van der Waals surface area (Å²) in [6, 6.07) is 2.60. The lowest BCUT2D eigenvalue weighted by Crippen LogP contribution is -2.48. The number of carboxylic acid groups (broad SMARTS) is 1. The van der Waals surface area contributed by atoms with Crippen molar-refractivity contribution in [3.05, 3.63) is 35.4 Å². The highest BCUT2D eigenvalue weighted by atomic mass is 19.1. The molecule has 2 rings (SSSR count). The molecule has 1 atom stereocenters. The van der Waals surface area contributed by atoms with Gasteiger partial charge in [0.25, 0.3) is 5.91 Å². The summed E-state index contributed by atoms with van der Waals surface area (Å²) in [7, 11) is 0. The monoisotopic (exact) mass is 283 g/mol. The molecule has 1 aliphatic heterocycles. The van der Waals surface area contributed by atoms with Gasteiger partial charge in [-0.05, 0) is 31.9 Å². The van der Waals surface area contributed by atoms with Crippen LogP contribution in [0.2, 0.25) is 0 Å². The van der Waals surface area contributed by atoms with Crippen LogP contribution in [0.5, 0.6) is 0 Å². The smallest absolute Gasteiger partial charge is 0.311 e. The number of carbonyl (C=O) groups excluding carboxylic acids is 1. The Morgan fingerprint density at radius 2 is 1.85 bits per heavy atom. The van der Waals surface area contributed by atoms with Gasteiger partial charge in [-0.25, -0.2) is 8.78 Å². The zero-order valence-electron chi connectivity index (χ0n) is 11.0. The maximum absolute atomic E-state index is 13.1. The second-order valence-corrected chi connectivity index (χ2v) is 5.35. The fourth-order valence-corrected chi connectivity index (χ4v) is 2.45. The molecule has 1 unspecified atom stereocenters. The molecule has 0 aliphatic carbocycles. The summed E-state index contributed by atoms with van der Waals surface area (Å²) in [4.78, 5) is 24.8. The van der Waals surface area contributed by atoms with Crippen LogP contribution in [0.15, 0.2) is 18.2 Å². The third kappa shape index (κ3) is 2.79. The standard InChI is InChI=1S/C14H15F2NO3/c1-14(13(19)20)3-2-4-17(8-14)12(18)9-5-10(15)7-11(16)6-9/h5-7H,2-4,8H2,1H3,(H,19,20). The number of aliphatic carboxylic acids is 1. The van der Waals surface area contributed by atoms with Crippen LogP contribution in [0.3, 0.4) is 0 Å². The molecular weight excluding hydrogens is 268 g/mol. The quantitative estimate of drug-likeness (QED) is 0.906. The van der Waals surface area contributed by atoms with Crippen LogP contribution in [-0.4, -0.2) is 35.0 Å². The van der Waals surface area contributed by atoms with Gasteiger partial charge in [-0.3, -0.25) is 9.59 Å². The van der Waals surface area contributed by atoms with Crippen LogP contribution in [0.25, 0.3) is 0 Å². The number of benzene rings is 1. The maximum Gasteiger partial charge on any atom is 0.311 e. The van der Waals surface area contributed by atoms with E-state index in [4.69, 9.17) is 0 Å². The van der Waals surface area contributed by atoms with E-state index in [1.54, 1.807) is 6.92 Å². The van der Waals surface area contributed by atoms with Crippen molar-refractivity contribution in [2.75, 3.05) is 13.1 Å². The molecule has 0 aromatic heterocycles. The van der Waals surface area contributed by atoms with Gasteiger partial charge in [0.2, 0.25) is 0 Å². The highest BCUT2D eigenvalue weighted by Crippen LogP contribution is 2.30. The molecule has 4 nitrogen and oxygen atoms in total. The average molecular weight is 283 g/mol. The van der Waals surface area contributed by atoms with E-state index in [0.717, 1.165) is 12.1 Å². The number of amides is 1. The molecule has 0 saturated carbocycles. The molecule has 1 fully saturated rings. The molecule has 1 amide bonds. The number of hydrogen-bond donors (Lipinski definition) is 1. The van der Waals surface area contributed by atoms with E-state index < -0.39 is 28.9 Å². The Balaban J connectivity index is 2.22. The zero-order valence-corrected chi connectivity index (χ0v) is 11.0. The lowest BCUT2D eigenvalue weighted by atomic mass is 9.82. The molecular formula is C14H15F2NO3. The predicted molar refractivity (Wildman–Crippen MR) is 67.2 cm³/mol. The Morgan fingerprint density at radius 1 is 1.25 bits per heavy atom. The maximum atomic E-state index is 13.1. The first-order valence-corrected chi connectivity index (χ1v) is 6.31. The number of piperidine rings is 1. The van der Waals surface area contributed by atoms with E-state index in [0.29, 0.717) is 25.5 Å². The predicted octanol–water partition coefficient (Wildman–Crippen LogP) is 2.29. The van der Waals surface area contributed by atoms with Gasteiger partial charge in [0.15, 0.2) is 0 Å². The third-order valence-electron chi connectivity index (χ3n) is 3.61. The molecule has 0 radical (unpaired) electrons. The van der Waals surface area contributed by atoms with Gasteiger partial charge < -0.3 is 10.0 Å². The number of halogens is 2. The Hall–Kier alpha value is -1.98. The van der Waals surface area contributed by atoms with Crippen molar-refractivity contribution in [3.8, 4) is 0 Å². The van der Waals surface area contributed by atoms with E-state index >= 15 is 0 Å². The molecule has 1 aromatic carbocycles. The second kappa shape index (κ2) is 5.19. The fraction of sp³-hybridized carbons (Fsp3) is 0.429. The Labute approximate surface area is 115 Å². The molecule has 1 aromatic rings. The minimum absolute atomic E-state index is 0.0410. The van der Waals surface area contributed by atoms with Crippen molar-refractivity contribution in [3.63, 3.8) is 0 Å². The van der Waals surface area contributed by atoms with Crippen LogP contribution in [0.1, 0.15) is 30.1 Å². The van der Waals surface area contributed by atoms with E-state index in [9.17, 15) is 23.5 Å². The summed E-state index contributed by atoms with van der Waals surface area (Å²) < 4.78 is 26.3. The number of nitrogens with zero attached hydrogens (tertiary/aromatic N) is 1. The third-order valence-corrected chi connectivity index (χ3v) is 3.61. The van der Waals surface area contributed by atoms with Crippen molar-refractivity contribution >= 4 is 11.9 Å². The second-order valence-electron chi connectivity index (χ2n) is 5.35. The average Bonchev–Trinajstić information content (AvgIpc) is 2.36. The molecule has 1 heterocycles. The number of hydrogen-bond acceptors (Lipinski definition) is 2. The summed E-state index contributed by atoms with van der Waals surface area (Å²) in [6.45, 7) is 2.00. The van der Waals surface area contributed by atoms with Gasteiger partial charge in [-0.1, -0.05) is 0 Å². The fourth-order valence-electron chi connectivity index (χ4n) is 2.45. The van der Waals surface area contributed by atoms with Crippen LogP contribution >= 0.6 is 0 Å². The van der Waals surface area contributed by atoms with Gasteiger partial charge in [0.1, 0.15) is 11.6 Å². The molecule has 0 bridgehead atoms. The highest BCUT2D eigenvalue weighted by Gasteiger charge is 2.39. The molecule has 6 heteroatoms. The van der Waals surface area contributed by atoms with Gasteiger partial charge in [-0.2, -0.15) is 0 Å². The van der Waals surface area contributed by atoms with Gasteiger partial charge >= 0.3 is 5.97 Å². The van der Waals surface area contributed by atoms with Crippen molar-refractivity contribution in [1.29, 1.82) is 0 Å². The molecule has 0 spiro atoms. The van der Waals surface area contributed by atoms with Gasteiger partial charge in [-0.15, -0.1) is 0 Å². The van der Waals surface area contributed by atoms with Crippen molar-refractivity contribution in [1.82, 2.24) is 4.90 Å². The number of carboxylic acids is 1. The summed E-state index contributed by atoms with van der Waals surface area (Å²) in [5.41, 5.74) is -1.11. The summed E-state index contributed by atoms with van der Waals surface area (Å²) in [6.07, 6.45) is 1.02. The topological polar surface area (TPSA) is 57.6 Å². The summed E-state index contributed by atoms with van der Waals surface area (Å²) >= 11 is 0. The first-order valence-electron chi connectivity index (χ1n) is 6.31. The van der Waals surface area contributed by atoms with E-state index in [2.05, 4.69) is 0 Å². The Kier molecular flexibility index (Phi) is 3.74. The summed E-state index contributed by atoms with van der Waals surface area (Å²) in [5, 5.41) is 9.20. The Morgan fingerprint density at radius 3 is 2.40 bits per heavy atom. The minimum atomic E-state index is -1.01. The molecule has 20 heavy (non-hydrogen) atoms. The SMILES string of the molecule is CC1(C(=O)O)CCCN(C(=O)c2cc(F)cc(F)c2)C1. The van der Waals surface area contributed by atoms with Gasteiger partial charge in [0.05, 0.1) is 5.41 Å². The van der Waals surface area contributed by atoms with Crippen LogP contribution in [-0.2, 0) is 4.79 Å². The molecule has 1 aliphatic rings. The highest BCUT2D eigenvalue weighted by molar-refractivity contribution is 5.94. The normalized spacial score (nSPS) is 22.6. The molecule has 108 valence electrons. The van der Waals surface area contributed by atoms with Crippen LogP contribution in [0, 0.1) is 17.0 Å². The van der Waals surface area contributed by atoms with Crippen LogP contribution in [0.4, 0.5) is 8.78 Å². The lowest BCUT2D eigenvalue weighted by Gasteiger charge is -2.37. The number of carbonyl (C=O) groups is 2. The van der Waals surface area contributed by atoms with Gasteiger partial charge in [0, 0.05) is 24.7 Å². The lowest BCUT2D eigenvalue weighted by molar-refractivity contribution is -0.150. The zero-order chi connectivity index (χ0) is 14.9. The van der Waals surface area contributed by atoms with Crippen molar-refractivity contribution in [2.24, 2.45) is 5.41 Å². The van der Waals surface area contributed by atoms with Crippen molar-refractivity contribution in [2.45, 2.75) is 19.8 Å². The van der Waals surface area contributed by atoms with Crippen molar-refractivity contribution < 1.29 is 23.5 Å². The number of rotatable bonds is 2. The Bertz CT molecular complexity index is 541. The molecule has 1 saturated heterocycles. The first-order chi connectivity index (χ1) is 9.32. The first kappa shape index (κ1) is 14.4. The largest absolute Gasteiger partial charge is 0.481 e.